The van der Waals surface area contributed by atoms with Gasteiger partial charge in [-0.1, -0.05) is 0 Å². The summed E-state index contributed by atoms with van der Waals surface area (Å²) in [4.78, 5) is 0. The fraction of sp³-hybridized carbons (Fsp3) is 0.636. The van der Waals surface area contributed by atoms with E-state index >= 15 is 0 Å². The maximum Gasteiger partial charge on any atom is 0.129 e. The molecule has 3 N–H and O–H groups in total. The van der Waals surface area contributed by atoms with E-state index in [1.807, 2.05) is 12.1 Å². The standard InChI is InChI=1S/C11H20N2O2/c1-10(8-12)13-5-3-6-14-9-11-4-2-7-15-11/h2,4,7,10,13H,3,5-6,8-9,12H2,1H3. The number of nitrogens with one attached hydrogen (secondary N) is 1. The van der Waals surface area contributed by atoms with Crippen molar-refractivity contribution in [1.82, 2.24) is 5.32 Å². The largest absolute Gasteiger partial charge is 0.467 e. The van der Waals surface area contributed by atoms with E-state index in [0.29, 0.717) is 19.2 Å². The molecular weight excluding hydrogens is 192 g/mol. The van der Waals surface area contributed by atoms with E-state index in [9.17, 15) is 0 Å². The maximum atomic E-state index is 5.47. The monoisotopic (exact) mass is 212 g/mol. The Labute approximate surface area is 90.8 Å². The third-order valence-corrected chi connectivity index (χ3v) is 2.14. The van der Waals surface area contributed by atoms with Crippen molar-refractivity contribution in [2.45, 2.75) is 26.0 Å². The molecule has 0 aliphatic heterocycles. The van der Waals surface area contributed by atoms with E-state index in [1.54, 1.807) is 6.26 Å². The van der Waals surface area contributed by atoms with Gasteiger partial charge in [0, 0.05) is 19.2 Å². The highest BCUT2D eigenvalue weighted by atomic mass is 16.5. The van der Waals surface area contributed by atoms with Crippen molar-refractivity contribution in [1.29, 1.82) is 0 Å². The van der Waals surface area contributed by atoms with Gasteiger partial charge in [-0.15, -0.1) is 0 Å². The molecule has 0 aliphatic carbocycles. The topological polar surface area (TPSA) is 60.4 Å². The number of ether oxygens (including phenoxy) is 1. The Kier molecular flexibility index (Phi) is 6.08. The Balaban J connectivity index is 1.89. The molecule has 1 atom stereocenters. The first-order valence-corrected chi connectivity index (χ1v) is 5.36. The first kappa shape index (κ1) is 12.2. The molecule has 1 heterocycles. The van der Waals surface area contributed by atoms with Gasteiger partial charge in [0.15, 0.2) is 0 Å². The first-order valence-electron chi connectivity index (χ1n) is 5.36. The molecule has 1 unspecified atom stereocenters. The van der Waals surface area contributed by atoms with Crippen molar-refractivity contribution in [3.63, 3.8) is 0 Å². The minimum Gasteiger partial charge on any atom is -0.467 e. The van der Waals surface area contributed by atoms with Crippen LogP contribution in [0.25, 0.3) is 0 Å². The molecule has 0 radical (unpaired) electrons. The molecule has 0 amide bonds. The summed E-state index contributed by atoms with van der Waals surface area (Å²) in [5.74, 6) is 0.873. The van der Waals surface area contributed by atoms with Gasteiger partial charge in [-0.05, 0) is 32.0 Å². The molecule has 0 saturated heterocycles. The summed E-state index contributed by atoms with van der Waals surface area (Å²) >= 11 is 0. The van der Waals surface area contributed by atoms with Gasteiger partial charge in [-0.2, -0.15) is 0 Å². The molecule has 1 aromatic rings. The van der Waals surface area contributed by atoms with Crippen LogP contribution in [-0.4, -0.2) is 25.7 Å². The minimum atomic E-state index is 0.384. The third-order valence-electron chi connectivity index (χ3n) is 2.14. The Bertz CT molecular complexity index is 237. The van der Waals surface area contributed by atoms with Gasteiger partial charge >= 0.3 is 0 Å². The highest BCUT2D eigenvalue weighted by molar-refractivity contribution is 4.95. The number of hydrogen-bond donors (Lipinski definition) is 2. The Hall–Kier alpha value is -0.840. The average Bonchev–Trinajstić information content (AvgIpc) is 2.75. The lowest BCUT2D eigenvalue weighted by atomic mass is 10.3. The number of rotatable bonds is 8. The van der Waals surface area contributed by atoms with Gasteiger partial charge < -0.3 is 20.2 Å². The van der Waals surface area contributed by atoms with Crippen molar-refractivity contribution >= 4 is 0 Å². The fourth-order valence-corrected chi connectivity index (χ4v) is 1.17. The van der Waals surface area contributed by atoms with Crippen LogP contribution in [0.2, 0.25) is 0 Å². The average molecular weight is 212 g/mol. The number of nitrogens with two attached hydrogens (primary N) is 1. The molecule has 0 aromatic carbocycles. The maximum absolute atomic E-state index is 5.47. The van der Waals surface area contributed by atoms with Crippen molar-refractivity contribution in [3.8, 4) is 0 Å². The smallest absolute Gasteiger partial charge is 0.129 e. The quantitative estimate of drug-likeness (QED) is 0.634. The van der Waals surface area contributed by atoms with Crippen LogP contribution in [-0.2, 0) is 11.3 Å². The highest BCUT2D eigenvalue weighted by Crippen LogP contribution is 2.01. The zero-order chi connectivity index (χ0) is 10.9. The van der Waals surface area contributed by atoms with Crippen LogP contribution in [0, 0.1) is 0 Å². The van der Waals surface area contributed by atoms with E-state index < -0.39 is 0 Å². The van der Waals surface area contributed by atoms with Crippen LogP contribution in [0.15, 0.2) is 22.8 Å². The van der Waals surface area contributed by atoms with Crippen molar-refractivity contribution in [2.24, 2.45) is 5.73 Å². The van der Waals surface area contributed by atoms with E-state index in [2.05, 4.69) is 12.2 Å². The lowest BCUT2D eigenvalue weighted by Crippen LogP contribution is -2.34. The third kappa shape index (κ3) is 5.57. The molecule has 4 heteroatoms. The van der Waals surface area contributed by atoms with Gasteiger partial charge in [0.05, 0.1) is 6.26 Å². The SMILES string of the molecule is CC(CN)NCCCOCc1ccco1. The molecule has 86 valence electrons. The molecule has 1 aromatic heterocycles. The predicted octanol–water partition coefficient (Wildman–Crippen LogP) is 1.12. The Morgan fingerprint density at radius 1 is 1.60 bits per heavy atom. The van der Waals surface area contributed by atoms with Crippen molar-refractivity contribution in [2.75, 3.05) is 19.7 Å². The van der Waals surface area contributed by atoms with E-state index in [4.69, 9.17) is 14.9 Å². The summed E-state index contributed by atoms with van der Waals surface area (Å²) in [5.41, 5.74) is 5.47. The van der Waals surface area contributed by atoms with Gasteiger partial charge in [0.1, 0.15) is 12.4 Å². The van der Waals surface area contributed by atoms with Gasteiger partial charge in [-0.25, -0.2) is 0 Å². The van der Waals surface area contributed by atoms with Gasteiger partial charge in [-0.3, -0.25) is 0 Å². The molecule has 0 aliphatic rings. The zero-order valence-electron chi connectivity index (χ0n) is 9.24. The van der Waals surface area contributed by atoms with E-state index in [1.165, 1.54) is 0 Å². The van der Waals surface area contributed by atoms with E-state index in [-0.39, 0.29) is 0 Å². The molecular formula is C11H20N2O2. The second kappa shape index (κ2) is 7.45. The van der Waals surface area contributed by atoms with Gasteiger partial charge in [0.25, 0.3) is 0 Å². The zero-order valence-corrected chi connectivity index (χ0v) is 9.24. The lowest BCUT2D eigenvalue weighted by Gasteiger charge is -2.10. The highest BCUT2D eigenvalue weighted by Gasteiger charge is 1.97. The van der Waals surface area contributed by atoms with Crippen LogP contribution in [0.5, 0.6) is 0 Å². The summed E-state index contributed by atoms with van der Waals surface area (Å²) in [7, 11) is 0. The molecule has 0 bridgehead atoms. The van der Waals surface area contributed by atoms with E-state index in [0.717, 1.165) is 25.3 Å². The normalized spacial score (nSPS) is 12.9. The molecule has 0 saturated carbocycles. The molecule has 0 spiro atoms. The molecule has 15 heavy (non-hydrogen) atoms. The first-order chi connectivity index (χ1) is 7.33. The summed E-state index contributed by atoms with van der Waals surface area (Å²) in [6.45, 7) is 4.98. The fourth-order valence-electron chi connectivity index (χ4n) is 1.17. The summed E-state index contributed by atoms with van der Waals surface area (Å²) in [6.07, 6.45) is 2.65. The molecule has 1 rings (SSSR count). The van der Waals surface area contributed by atoms with Crippen LogP contribution >= 0.6 is 0 Å². The minimum absolute atomic E-state index is 0.384. The lowest BCUT2D eigenvalue weighted by molar-refractivity contribution is 0.104. The van der Waals surface area contributed by atoms with Crippen LogP contribution in [0.3, 0.4) is 0 Å². The second-order valence-electron chi connectivity index (χ2n) is 3.58. The summed E-state index contributed by atoms with van der Waals surface area (Å²) < 4.78 is 10.6. The van der Waals surface area contributed by atoms with Gasteiger partial charge in [0.2, 0.25) is 0 Å². The number of furan rings is 1. The van der Waals surface area contributed by atoms with Crippen molar-refractivity contribution in [3.05, 3.63) is 24.2 Å². The Morgan fingerprint density at radius 3 is 3.13 bits per heavy atom. The summed E-state index contributed by atoms with van der Waals surface area (Å²) in [6, 6.07) is 4.16. The summed E-state index contributed by atoms with van der Waals surface area (Å²) in [5, 5.41) is 3.30. The predicted molar refractivity (Wildman–Crippen MR) is 59.5 cm³/mol. The van der Waals surface area contributed by atoms with Crippen molar-refractivity contribution < 1.29 is 9.15 Å². The molecule has 0 fully saturated rings. The van der Waals surface area contributed by atoms with Crippen LogP contribution in [0.1, 0.15) is 19.1 Å². The van der Waals surface area contributed by atoms with Crippen LogP contribution in [0.4, 0.5) is 0 Å². The number of hydrogen-bond acceptors (Lipinski definition) is 4. The van der Waals surface area contributed by atoms with Crippen LogP contribution < -0.4 is 11.1 Å². The Morgan fingerprint density at radius 2 is 2.47 bits per heavy atom. The molecule has 4 nitrogen and oxygen atoms in total. The second-order valence-corrected chi connectivity index (χ2v) is 3.58.